The number of pyridine rings is 1. The molecule has 90 valence electrons. The summed E-state index contributed by atoms with van der Waals surface area (Å²) in [6.45, 7) is 0. The number of fused-ring (bicyclic) bond motifs is 1. The summed E-state index contributed by atoms with van der Waals surface area (Å²) in [4.78, 5) is 39.4. The molecular formula is C12H8N2O4. The summed E-state index contributed by atoms with van der Waals surface area (Å²) < 4.78 is 0. The SMILES string of the molecule is C#CCC(C(=O)O)N1C(=O)c2cccnc2C1=O. The van der Waals surface area contributed by atoms with Crippen molar-refractivity contribution >= 4 is 17.8 Å². The van der Waals surface area contributed by atoms with Crippen LogP contribution in [0.2, 0.25) is 0 Å². The van der Waals surface area contributed by atoms with Gasteiger partial charge in [-0.3, -0.25) is 19.5 Å². The Balaban J connectivity index is 2.45. The molecule has 1 aromatic heterocycles. The number of hydrogen-bond acceptors (Lipinski definition) is 4. The Morgan fingerprint density at radius 3 is 2.78 bits per heavy atom. The van der Waals surface area contributed by atoms with E-state index in [9.17, 15) is 14.4 Å². The standard InChI is InChI=1S/C12H8N2O4/c1-2-4-8(12(17)18)14-10(15)7-5-3-6-13-9(7)11(14)16/h1,3,5-6,8H,4H2,(H,17,18). The maximum atomic E-state index is 12.0. The Kier molecular flexibility index (Phi) is 2.81. The molecule has 0 bridgehead atoms. The predicted molar refractivity (Wildman–Crippen MR) is 59.6 cm³/mol. The van der Waals surface area contributed by atoms with Gasteiger partial charge in [0.1, 0.15) is 11.7 Å². The molecule has 1 aliphatic rings. The van der Waals surface area contributed by atoms with Gasteiger partial charge in [0.25, 0.3) is 11.8 Å². The summed E-state index contributed by atoms with van der Waals surface area (Å²) in [6, 6.07) is 1.58. The van der Waals surface area contributed by atoms with Gasteiger partial charge in [0.2, 0.25) is 0 Å². The first-order chi connectivity index (χ1) is 8.57. The third-order valence-corrected chi connectivity index (χ3v) is 2.59. The van der Waals surface area contributed by atoms with Gasteiger partial charge < -0.3 is 5.11 Å². The number of imide groups is 1. The highest BCUT2D eigenvalue weighted by atomic mass is 16.4. The van der Waals surface area contributed by atoms with E-state index in [-0.39, 0.29) is 17.7 Å². The van der Waals surface area contributed by atoms with Crippen LogP contribution >= 0.6 is 0 Å². The third-order valence-electron chi connectivity index (χ3n) is 2.59. The number of hydrogen-bond donors (Lipinski definition) is 1. The van der Waals surface area contributed by atoms with Gasteiger partial charge in [-0.15, -0.1) is 12.3 Å². The van der Waals surface area contributed by atoms with Crippen LogP contribution < -0.4 is 0 Å². The van der Waals surface area contributed by atoms with E-state index in [0.717, 1.165) is 0 Å². The molecule has 2 rings (SSSR count). The smallest absolute Gasteiger partial charge is 0.327 e. The van der Waals surface area contributed by atoms with Crippen LogP contribution in [-0.4, -0.2) is 38.8 Å². The molecule has 1 aliphatic heterocycles. The average Bonchev–Trinajstić information content (AvgIpc) is 2.60. The number of amides is 2. The first kappa shape index (κ1) is 11.8. The largest absolute Gasteiger partial charge is 0.480 e. The molecule has 2 amide bonds. The zero-order chi connectivity index (χ0) is 13.3. The summed E-state index contributed by atoms with van der Waals surface area (Å²) in [5.74, 6) is -0.570. The molecule has 1 unspecified atom stereocenters. The Morgan fingerprint density at radius 2 is 2.22 bits per heavy atom. The fourth-order valence-corrected chi connectivity index (χ4v) is 1.77. The van der Waals surface area contributed by atoms with Crippen LogP contribution in [-0.2, 0) is 4.79 Å². The predicted octanol–water partition coefficient (Wildman–Crippen LogP) is 0.154. The molecule has 0 aliphatic carbocycles. The van der Waals surface area contributed by atoms with Crippen molar-refractivity contribution in [3.63, 3.8) is 0 Å². The minimum atomic E-state index is -1.36. The summed E-state index contributed by atoms with van der Waals surface area (Å²) in [5, 5.41) is 9.02. The lowest BCUT2D eigenvalue weighted by Gasteiger charge is -2.20. The van der Waals surface area contributed by atoms with Crippen LogP contribution in [0, 0.1) is 12.3 Å². The van der Waals surface area contributed by atoms with Crippen LogP contribution in [0.4, 0.5) is 0 Å². The molecule has 0 aromatic carbocycles. The van der Waals surface area contributed by atoms with Gasteiger partial charge >= 0.3 is 5.97 Å². The number of terminal acetylenes is 1. The van der Waals surface area contributed by atoms with Gasteiger partial charge in [0, 0.05) is 12.6 Å². The van der Waals surface area contributed by atoms with E-state index >= 15 is 0 Å². The van der Waals surface area contributed by atoms with Crippen molar-refractivity contribution in [1.82, 2.24) is 9.88 Å². The van der Waals surface area contributed by atoms with Crippen molar-refractivity contribution in [2.75, 3.05) is 0 Å². The van der Waals surface area contributed by atoms with E-state index in [1.165, 1.54) is 18.3 Å². The Labute approximate surface area is 102 Å². The van der Waals surface area contributed by atoms with Crippen molar-refractivity contribution in [1.29, 1.82) is 0 Å². The first-order valence-electron chi connectivity index (χ1n) is 5.07. The number of carbonyl (C=O) groups is 3. The van der Waals surface area contributed by atoms with Gasteiger partial charge in [0.05, 0.1) is 5.56 Å². The summed E-state index contributed by atoms with van der Waals surface area (Å²) in [5.41, 5.74) is 0.0662. The maximum absolute atomic E-state index is 12.0. The van der Waals surface area contributed by atoms with Crippen molar-refractivity contribution < 1.29 is 19.5 Å². The minimum Gasteiger partial charge on any atom is -0.480 e. The quantitative estimate of drug-likeness (QED) is 0.604. The molecule has 0 saturated carbocycles. The minimum absolute atomic E-state index is 0.0363. The molecule has 0 spiro atoms. The maximum Gasteiger partial charge on any atom is 0.327 e. The number of aliphatic carboxylic acids is 1. The summed E-state index contributed by atoms with van der Waals surface area (Å²) in [7, 11) is 0. The Bertz CT molecular complexity index is 553. The number of nitrogens with zero attached hydrogens (tertiary/aromatic N) is 2. The number of carboxylic acids is 1. The second kappa shape index (κ2) is 4.30. The number of aromatic nitrogens is 1. The van der Waals surface area contributed by atoms with E-state index in [2.05, 4.69) is 10.9 Å². The molecule has 18 heavy (non-hydrogen) atoms. The topological polar surface area (TPSA) is 87.6 Å². The lowest BCUT2D eigenvalue weighted by Crippen LogP contribution is -2.44. The summed E-state index contributed by atoms with van der Waals surface area (Å²) in [6.07, 6.45) is 6.18. The molecule has 0 saturated heterocycles. The van der Waals surface area contributed by atoms with Crippen LogP contribution in [0.5, 0.6) is 0 Å². The van der Waals surface area contributed by atoms with Crippen molar-refractivity contribution in [3.8, 4) is 12.3 Å². The van der Waals surface area contributed by atoms with Crippen LogP contribution in [0.3, 0.4) is 0 Å². The Hall–Kier alpha value is -2.68. The molecule has 6 nitrogen and oxygen atoms in total. The van der Waals surface area contributed by atoms with Crippen molar-refractivity contribution in [2.45, 2.75) is 12.5 Å². The highest BCUT2D eigenvalue weighted by Gasteiger charge is 2.43. The van der Waals surface area contributed by atoms with Crippen LogP contribution in [0.15, 0.2) is 18.3 Å². The highest BCUT2D eigenvalue weighted by molar-refractivity contribution is 6.21. The van der Waals surface area contributed by atoms with Gasteiger partial charge in [-0.2, -0.15) is 0 Å². The molecule has 2 heterocycles. The van der Waals surface area contributed by atoms with Crippen molar-refractivity contribution in [3.05, 3.63) is 29.6 Å². The van der Waals surface area contributed by atoms with Gasteiger partial charge in [-0.1, -0.05) is 0 Å². The molecule has 0 radical (unpaired) electrons. The van der Waals surface area contributed by atoms with E-state index < -0.39 is 23.8 Å². The second-order valence-corrected chi connectivity index (χ2v) is 3.64. The van der Waals surface area contributed by atoms with E-state index in [0.29, 0.717) is 4.90 Å². The van der Waals surface area contributed by atoms with Crippen LogP contribution in [0.1, 0.15) is 27.3 Å². The molecule has 1 aromatic rings. The third kappa shape index (κ3) is 1.62. The molecule has 0 fully saturated rings. The number of carbonyl (C=O) groups excluding carboxylic acids is 2. The second-order valence-electron chi connectivity index (χ2n) is 3.64. The Morgan fingerprint density at radius 1 is 1.50 bits per heavy atom. The van der Waals surface area contributed by atoms with Gasteiger partial charge in [0.15, 0.2) is 0 Å². The monoisotopic (exact) mass is 244 g/mol. The molecule has 6 heteroatoms. The van der Waals surface area contributed by atoms with E-state index in [1.54, 1.807) is 0 Å². The van der Waals surface area contributed by atoms with Gasteiger partial charge in [-0.25, -0.2) is 4.79 Å². The molecule has 1 N–H and O–H groups in total. The number of carboxylic acid groups (broad SMARTS) is 1. The zero-order valence-corrected chi connectivity index (χ0v) is 9.16. The normalized spacial score (nSPS) is 15.2. The fourth-order valence-electron chi connectivity index (χ4n) is 1.77. The van der Waals surface area contributed by atoms with Crippen molar-refractivity contribution in [2.24, 2.45) is 0 Å². The molecular weight excluding hydrogens is 236 g/mol. The van der Waals surface area contributed by atoms with E-state index in [1.807, 2.05) is 0 Å². The summed E-state index contributed by atoms with van der Waals surface area (Å²) >= 11 is 0. The lowest BCUT2D eigenvalue weighted by molar-refractivity contribution is -0.141. The zero-order valence-electron chi connectivity index (χ0n) is 9.16. The van der Waals surface area contributed by atoms with E-state index in [4.69, 9.17) is 11.5 Å². The lowest BCUT2D eigenvalue weighted by atomic mass is 10.2. The highest BCUT2D eigenvalue weighted by Crippen LogP contribution is 2.23. The molecule has 1 atom stereocenters. The first-order valence-corrected chi connectivity index (χ1v) is 5.07. The van der Waals surface area contributed by atoms with Crippen LogP contribution in [0.25, 0.3) is 0 Å². The average molecular weight is 244 g/mol. The number of rotatable bonds is 3. The van der Waals surface area contributed by atoms with Gasteiger partial charge in [-0.05, 0) is 12.1 Å². The fraction of sp³-hybridized carbons (Fsp3) is 0.167.